The summed E-state index contributed by atoms with van der Waals surface area (Å²) >= 11 is 0. The van der Waals surface area contributed by atoms with Crippen LogP contribution in [-0.4, -0.2) is 23.2 Å². The number of rotatable bonds is 5. The zero-order chi connectivity index (χ0) is 20.3. The number of fused-ring (bicyclic) bond motifs is 2. The SMILES string of the molecule is Cc1ccc(CNc2nc(Nc3ccc4c(c3)OCCO4)nc3ccccc23)cc1. The number of hydrogen-bond acceptors (Lipinski definition) is 6. The molecule has 0 amide bonds. The van der Waals surface area contributed by atoms with Crippen LogP contribution in [0.2, 0.25) is 0 Å². The summed E-state index contributed by atoms with van der Waals surface area (Å²) < 4.78 is 11.3. The third-order valence-corrected chi connectivity index (χ3v) is 4.98. The fourth-order valence-corrected chi connectivity index (χ4v) is 3.41. The van der Waals surface area contributed by atoms with Gasteiger partial charge in [0, 0.05) is 23.7 Å². The molecule has 6 heteroatoms. The molecule has 0 radical (unpaired) electrons. The molecule has 0 atom stereocenters. The van der Waals surface area contributed by atoms with E-state index < -0.39 is 0 Å². The smallest absolute Gasteiger partial charge is 0.229 e. The second-order valence-corrected chi connectivity index (χ2v) is 7.24. The van der Waals surface area contributed by atoms with Gasteiger partial charge in [-0.3, -0.25) is 0 Å². The number of ether oxygens (including phenoxy) is 2. The summed E-state index contributed by atoms with van der Waals surface area (Å²) in [5.41, 5.74) is 4.17. The number of anilines is 3. The molecule has 0 saturated heterocycles. The molecule has 1 aliphatic rings. The van der Waals surface area contributed by atoms with E-state index in [1.54, 1.807) is 0 Å². The average Bonchev–Trinajstić information content (AvgIpc) is 2.78. The van der Waals surface area contributed by atoms with Gasteiger partial charge in [0.2, 0.25) is 5.95 Å². The fraction of sp³-hybridized carbons (Fsp3) is 0.167. The van der Waals surface area contributed by atoms with Crippen molar-refractivity contribution in [1.82, 2.24) is 9.97 Å². The maximum Gasteiger partial charge on any atom is 0.229 e. The van der Waals surface area contributed by atoms with E-state index in [1.807, 2.05) is 42.5 Å². The van der Waals surface area contributed by atoms with Crippen LogP contribution in [0.25, 0.3) is 10.9 Å². The summed E-state index contributed by atoms with van der Waals surface area (Å²) in [6, 6.07) is 22.2. The Bertz CT molecular complexity index is 1190. The van der Waals surface area contributed by atoms with Gasteiger partial charge in [-0.05, 0) is 36.8 Å². The minimum atomic E-state index is 0.525. The van der Waals surface area contributed by atoms with E-state index >= 15 is 0 Å². The summed E-state index contributed by atoms with van der Waals surface area (Å²) in [6.07, 6.45) is 0. The highest BCUT2D eigenvalue weighted by atomic mass is 16.6. The number of aryl methyl sites for hydroxylation is 1. The van der Waals surface area contributed by atoms with E-state index in [0.29, 0.717) is 25.7 Å². The molecule has 0 unspecified atom stereocenters. The second-order valence-electron chi connectivity index (χ2n) is 7.24. The first-order chi connectivity index (χ1) is 14.7. The van der Waals surface area contributed by atoms with Gasteiger partial charge in [-0.15, -0.1) is 0 Å². The first-order valence-corrected chi connectivity index (χ1v) is 9.97. The van der Waals surface area contributed by atoms with E-state index in [9.17, 15) is 0 Å². The van der Waals surface area contributed by atoms with Crippen molar-refractivity contribution in [2.45, 2.75) is 13.5 Å². The molecule has 4 aromatic rings. The van der Waals surface area contributed by atoms with Crippen LogP contribution in [0.3, 0.4) is 0 Å². The van der Waals surface area contributed by atoms with Crippen LogP contribution < -0.4 is 20.1 Å². The van der Waals surface area contributed by atoms with Gasteiger partial charge in [0.1, 0.15) is 19.0 Å². The Morgan fingerprint density at radius 1 is 0.867 bits per heavy atom. The Morgan fingerprint density at radius 2 is 1.67 bits per heavy atom. The number of hydrogen-bond donors (Lipinski definition) is 2. The van der Waals surface area contributed by atoms with Crippen molar-refractivity contribution >= 4 is 28.4 Å². The standard InChI is InChI=1S/C24H22N4O2/c1-16-6-8-17(9-7-16)15-25-23-19-4-2-3-5-20(19)27-24(28-23)26-18-10-11-21-22(14-18)30-13-12-29-21/h2-11,14H,12-13,15H2,1H3,(H2,25,26,27,28). The van der Waals surface area contributed by atoms with Gasteiger partial charge in [0.25, 0.3) is 0 Å². The molecule has 2 heterocycles. The first kappa shape index (κ1) is 18.2. The lowest BCUT2D eigenvalue weighted by Gasteiger charge is -2.19. The quantitative estimate of drug-likeness (QED) is 0.489. The van der Waals surface area contributed by atoms with E-state index in [-0.39, 0.29) is 0 Å². The summed E-state index contributed by atoms with van der Waals surface area (Å²) in [7, 11) is 0. The Balaban J connectivity index is 1.43. The zero-order valence-corrected chi connectivity index (χ0v) is 16.7. The minimum absolute atomic E-state index is 0.525. The second kappa shape index (κ2) is 7.91. The lowest BCUT2D eigenvalue weighted by Crippen LogP contribution is -2.15. The number of benzene rings is 3. The Morgan fingerprint density at radius 3 is 2.53 bits per heavy atom. The van der Waals surface area contributed by atoms with E-state index in [1.165, 1.54) is 11.1 Å². The van der Waals surface area contributed by atoms with E-state index in [4.69, 9.17) is 14.5 Å². The molecule has 1 aromatic heterocycles. The highest BCUT2D eigenvalue weighted by molar-refractivity contribution is 5.90. The molecule has 0 spiro atoms. The normalized spacial score (nSPS) is 12.6. The molecular formula is C24H22N4O2. The predicted octanol–water partition coefficient (Wildman–Crippen LogP) is 5.07. The lowest BCUT2D eigenvalue weighted by atomic mass is 10.1. The average molecular weight is 398 g/mol. The summed E-state index contributed by atoms with van der Waals surface area (Å²) in [5, 5.41) is 7.74. The Kier molecular flexibility index (Phi) is 4.81. The summed E-state index contributed by atoms with van der Waals surface area (Å²) in [6.45, 7) is 3.90. The highest BCUT2D eigenvalue weighted by Crippen LogP contribution is 2.33. The number of aromatic nitrogens is 2. The maximum atomic E-state index is 5.67. The highest BCUT2D eigenvalue weighted by Gasteiger charge is 2.13. The first-order valence-electron chi connectivity index (χ1n) is 9.97. The van der Waals surface area contributed by atoms with Crippen molar-refractivity contribution in [2.24, 2.45) is 0 Å². The third-order valence-electron chi connectivity index (χ3n) is 4.98. The molecule has 6 nitrogen and oxygen atoms in total. The molecule has 5 rings (SSSR count). The molecule has 3 aromatic carbocycles. The van der Waals surface area contributed by atoms with Crippen molar-refractivity contribution in [3.8, 4) is 11.5 Å². The van der Waals surface area contributed by atoms with Crippen LogP contribution in [0.4, 0.5) is 17.5 Å². The van der Waals surface area contributed by atoms with Crippen LogP contribution in [0.1, 0.15) is 11.1 Å². The topological polar surface area (TPSA) is 68.3 Å². The van der Waals surface area contributed by atoms with Gasteiger partial charge in [-0.1, -0.05) is 42.0 Å². The van der Waals surface area contributed by atoms with Crippen LogP contribution in [-0.2, 0) is 6.54 Å². The van der Waals surface area contributed by atoms with Gasteiger partial charge in [-0.2, -0.15) is 4.98 Å². The van der Waals surface area contributed by atoms with Gasteiger partial charge >= 0.3 is 0 Å². The van der Waals surface area contributed by atoms with E-state index in [2.05, 4.69) is 46.8 Å². The minimum Gasteiger partial charge on any atom is -0.486 e. The summed E-state index contributed by atoms with van der Waals surface area (Å²) in [5.74, 6) is 2.80. The third kappa shape index (κ3) is 3.85. The van der Waals surface area contributed by atoms with Crippen LogP contribution in [0.15, 0.2) is 66.7 Å². The van der Waals surface area contributed by atoms with Crippen LogP contribution in [0, 0.1) is 6.92 Å². The van der Waals surface area contributed by atoms with Gasteiger partial charge in [-0.25, -0.2) is 4.98 Å². The Hall–Kier alpha value is -3.80. The van der Waals surface area contributed by atoms with Crippen molar-refractivity contribution in [2.75, 3.05) is 23.8 Å². The number of nitrogens with zero attached hydrogens (tertiary/aromatic N) is 2. The zero-order valence-electron chi connectivity index (χ0n) is 16.7. The molecule has 30 heavy (non-hydrogen) atoms. The monoisotopic (exact) mass is 398 g/mol. The molecule has 0 bridgehead atoms. The fourth-order valence-electron chi connectivity index (χ4n) is 3.41. The van der Waals surface area contributed by atoms with Crippen molar-refractivity contribution in [3.63, 3.8) is 0 Å². The molecule has 2 N–H and O–H groups in total. The molecule has 0 fully saturated rings. The van der Waals surface area contributed by atoms with Gasteiger partial charge in [0.15, 0.2) is 11.5 Å². The molecule has 1 aliphatic heterocycles. The van der Waals surface area contributed by atoms with Gasteiger partial charge in [0.05, 0.1) is 5.52 Å². The van der Waals surface area contributed by atoms with Crippen molar-refractivity contribution in [3.05, 3.63) is 77.9 Å². The molecule has 0 aliphatic carbocycles. The predicted molar refractivity (Wildman–Crippen MR) is 119 cm³/mol. The Labute approximate surface area is 174 Å². The van der Waals surface area contributed by atoms with Crippen LogP contribution >= 0.6 is 0 Å². The molecule has 0 saturated carbocycles. The summed E-state index contributed by atoms with van der Waals surface area (Å²) in [4.78, 5) is 9.41. The van der Waals surface area contributed by atoms with E-state index in [0.717, 1.165) is 33.9 Å². The molecular weight excluding hydrogens is 376 g/mol. The lowest BCUT2D eigenvalue weighted by molar-refractivity contribution is 0.171. The number of nitrogens with one attached hydrogen (secondary N) is 2. The van der Waals surface area contributed by atoms with Gasteiger partial charge < -0.3 is 20.1 Å². The molecule has 150 valence electrons. The van der Waals surface area contributed by atoms with Crippen LogP contribution in [0.5, 0.6) is 11.5 Å². The largest absolute Gasteiger partial charge is 0.486 e. The number of para-hydroxylation sites is 1. The van der Waals surface area contributed by atoms with Crippen molar-refractivity contribution < 1.29 is 9.47 Å². The van der Waals surface area contributed by atoms with Crippen molar-refractivity contribution in [1.29, 1.82) is 0 Å². The maximum absolute atomic E-state index is 5.67.